The zero-order valence-electron chi connectivity index (χ0n) is 14.5. The number of pyridine rings is 1. The Morgan fingerprint density at radius 2 is 1.88 bits per heavy atom. The molecule has 0 spiro atoms. The van der Waals surface area contributed by atoms with Crippen LogP contribution in [0.1, 0.15) is 17.4 Å². The molecule has 3 heterocycles. The van der Waals surface area contributed by atoms with Gasteiger partial charge in [0.15, 0.2) is 0 Å². The predicted molar refractivity (Wildman–Crippen MR) is 100.0 cm³/mol. The van der Waals surface area contributed by atoms with Crippen molar-refractivity contribution in [1.82, 2.24) is 19.9 Å². The number of benzene rings is 1. The molecule has 0 bridgehead atoms. The average molecular weight is 347 g/mol. The first-order valence-electron chi connectivity index (χ1n) is 8.74. The fourth-order valence-corrected chi connectivity index (χ4v) is 3.06. The Morgan fingerprint density at radius 1 is 1.04 bits per heavy atom. The Labute approximate surface area is 152 Å². The lowest BCUT2D eigenvalue weighted by Crippen LogP contribution is -2.39. The Balaban J connectivity index is 1.53. The van der Waals surface area contributed by atoms with Gasteiger partial charge in [0, 0.05) is 37.4 Å². The summed E-state index contributed by atoms with van der Waals surface area (Å²) in [4.78, 5) is 15.7. The molecule has 26 heavy (non-hydrogen) atoms. The second-order valence-electron chi connectivity index (χ2n) is 6.21. The minimum Gasteiger partial charge on any atom is -0.378 e. The smallest absolute Gasteiger partial charge is 0.150 e. The van der Waals surface area contributed by atoms with Crippen molar-refractivity contribution < 1.29 is 4.74 Å². The molecule has 2 aromatic heterocycles. The van der Waals surface area contributed by atoms with Gasteiger partial charge in [-0.15, -0.1) is 0 Å². The second-order valence-corrected chi connectivity index (χ2v) is 6.21. The zero-order chi connectivity index (χ0) is 17.6. The predicted octanol–water partition coefficient (Wildman–Crippen LogP) is 3.19. The van der Waals surface area contributed by atoms with E-state index in [1.165, 1.54) is 5.56 Å². The first-order chi connectivity index (χ1) is 12.9. The van der Waals surface area contributed by atoms with Crippen LogP contribution >= 0.6 is 0 Å². The van der Waals surface area contributed by atoms with E-state index in [2.05, 4.69) is 20.2 Å². The van der Waals surface area contributed by atoms with E-state index in [-0.39, 0.29) is 6.04 Å². The summed E-state index contributed by atoms with van der Waals surface area (Å²) < 4.78 is 5.71. The third kappa shape index (κ3) is 4.04. The van der Waals surface area contributed by atoms with E-state index >= 15 is 0 Å². The summed E-state index contributed by atoms with van der Waals surface area (Å²) in [5, 5.41) is 3.33. The molecule has 0 amide bonds. The molecular formula is C20H21N5O. The van der Waals surface area contributed by atoms with E-state index in [1.807, 2.05) is 60.9 Å². The van der Waals surface area contributed by atoms with E-state index in [9.17, 15) is 0 Å². The summed E-state index contributed by atoms with van der Waals surface area (Å²) in [6.07, 6.45) is 5.45. The van der Waals surface area contributed by atoms with Gasteiger partial charge >= 0.3 is 0 Å². The molecule has 1 aliphatic rings. The number of hydrogen-bond donors (Lipinski definition) is 1. The van der Waals surface area contributed by atoms with Gasteiger partial charge in [-0.2, -0.15) is 0 Å². The number of nitrogens with zero attached hydrogens (tertiary/aromatic N) is 4. The fraction of sp³-hybridized carbons (Fsp3) is 0.250. The molecule has 1 fully saturated rings. The van der Waals surface area contributed by atoms with Crippen LogP contribution in [-0.4, -0.2) is 39.6 Å². The van der Waals surface area contributed by atoms with Gasteiger partial charge in [-0.1, -0.05) is 18.2 Å². The van der Waals surface area contributed by atoms with Gasteiger partial charge in [0.2, 0.25) is 0 Å². The molecule has 6 nitrogen and oxygen atoms in total. The summed E-state index contributed by atoms with van der Waals surface area (Å²) in [5.41, 5.74) is 2.23. The van der Waals surface area contributed by atoms with E-state index in [0.717, 1.165) is 37.0 Å². The Hall–Kier alpha value is -2.83. The molecule has 3 aromatic rings. The average Bonchev–Trinajstić information content (AvgIpc) is 2.70. The van der Waals surface area contributed by atoms with Crippen LogP contribution in [0.25, 0.3) is 0 Å². The summed E-state index contributed by atoms with van der Waals surface area (Å²) >= 11 is 0. The third-order valence-corrected chi connectivity index (χ3v) is 4.39. The molecule has 1 N–H and O–H groups in total. The molecule has 0 saturated carbocycles. The molecule has 1 saturated heterocycles. The number of morpholine rings is 1. The summed E-state index contributed by atoms with van der Waals surface area (Å²) in [6, 6.07) is 16.0. The van der Waals surface area contributed by atoms with Crippen LogP contribution in [0.4, 0.5) is 11.5 Å². The number of nitrogens with one attached hydrogen (secondary N) is 1. The van der Waals surface area contributed by atoms with Gasteiger partial charge in [-0.05, 0) is 35.9 Å². The van der Waals surface area contributed by atoms with Crippen LogP contribution in [-0.2, 0) is 11.3 Å². The maximum atomic E-state index is 5.71. The van der Waals surface area contributed by atoms with Crippen molar-refractivity contribution in [2.24, 2.45) is 0 Å². The molecule has 132 valence electrons. The molecule has 1 aliphatic heterocycles. The van der Waals surface area contributed by atoms with Crippen molar-refractivity contribution in [2.75, 3.05) is 25.1 Å². The molecule has 6 heteroatoms. The molecule has 1 aromatic carbocycles. The highest BCUT2D eigenvalue weighted by atomic mass is 16.5. The highest BCUT2D eigenvalue weighted by molar-refractivity contribution is 5.55. The lowest BCUT2D eigenvalue weighted by molar-refractivity contribution is -0.0159. The first kappa shape index (κ1) is 16.6. The zero-order valence-corrected chi connectivity index (χ0v) is 14.5. The number of hydrogen-bond acceptors (Lipinski definition) is 6. The maximum absolute atomic E-state index is 5.71. The highest BCUT2D eigenvalue weighted by Gasteiger charge is 2.27. The monoisotopic (exact) mass is 347 g/mol. The van der Waals surface area contributed by atoms with Crippen molar-refractivity contribution in [1.29, 1.82) is 0 Å². The van der Waals surface area contributed by atoms with Crippen molar-refractivity contribution in [2.45, 2.75) is 12.6 Å². The van der Waals surface area contributed by atoms with Gasteiger partial charge in [0.25, 0.3) is 0 Å². The number of aromatic nitrogens is 3. The number of anilines is 2. The van der Waals surface area contributed by atoms with Crippen LogP contribution < -0.4 is 5.32 Å². The van der Waals surface area contributed by atoms with E-state index in [0.29, 0.717) is 6.61 Å². The lowest BCUT2D eigenvalue weighted by Gasteiger charge is -2.34. The van der Waals surface area contributed by atoms with Crippen molar-refractivity contribution in [3.8, 4) is 0 Å². The molecule has 1 atom stereocenters. The minimum atomic E-state index is 0.0365. The van der Waals surface area contributed by atoms with Gasteiger partial charge in [-0.25, -0.2) is 9.97 Å². The molecular weight excluding hydrogens is 326 g/mol. The van der Waals surface area contributed by atoms with Crippen LogP contribution in [0.15, 0.2) is 67.1 Å². The van der Waals surface area contributed by atoms with Crippen LogP contribution in [0.5, 0.6) is 0 Å². The molecule has 0 aliphatic carbocycles. The molecule has 4 rings (SSSR count). The highest BCUT2D eigenvalue weighted by Crippen LogP contribution is 2.24. The second kappa shape index (κ2) is 8.03. The minimum absolute atomic E-state index is 0.0365. The van der Waals surface area contributed by atoms with Crippen molar-refractivity contribution >= 4 is 11.5 Å². The molecule has 0 unspecified atom stereocenters. The standard InChI is InChI=1S/C20H21N5O/c1-2-4-17(5-3-1)23-19-8-11-22-20(24-19)18-15-26-13-12-25(18)14-16-6-9-21-10-7-16/h1-11,18H,12-15H2,(H,22,23,24)/t18-/m0/s1. The first-order valence-corrected chi connectivity index (χ1v) is 8.74. The largest absolute Gasteiger partial charge is 0.378 e. The van der Waals surface area contributed by atoms with E-state index in [4.69, 9.17) is 9.72 Å². The van der Waals surface area contributed by atoms with Crippen molar-refractivity contribution in [3.05, 3.63) is 78.5 Å². The number of ether oxygens (including phenoxy) is 1. The normalized spacial score (nSPS) is 17.8. The van der Waals surface area contributed by atoms with E-state index in [1.54, 1.807) is 6.20 Å². The number of rotatable bonds is 5. The maximum Gasteiger partial charge on any atom is 0.150 e. The van der Waals surface area contributed by atoms with Gasteiger partial charge in [0.1, 0.15) is 11.6 Å². The van der Waals surface area contributed by atoms with Crippen LogP contribution in [0, 0.1) is 0 Å². The van der Waals surface area contributed by atoms with E-state index < -0.39 is 0 Å². The quantitative estimate of drug-likeness (QED) is 0.765. The van der Waals surface area contributed by atoms with Gasteiger partial charge < -0.3 is 10.1 Å². The topological polar surface area (TPSA) is 63.2 Å². The SMILES string of the molecule is c1ccc(Nc2ccnc([C@@H]3COCCN3Cc3ccncc3)n2)cc1. The lowest BCUT2D eigenvalue weighted by atomic mass is 10.1. The van der Waals surface area contributed by atoms with Crippen LogP contribution in [0.2, 0.25) is 0 Å². The Bertz CT molecular complexity index is 828. The van der Waals surface area contributed by atoms with Gasteiger partial charge in [0.05, 0.1) is 19.3 Å². The summed E-state index contributed by atoms with van der Waals surface area (Å²) in [7, 11) is 0. The third-order valence-electron chi connectivity index (χ3n) is 4.39. The Morgan fingerprint density at radius 3 is 2.73 bits per heavy atom. The summed E-state index contributed by atoms with van der Waals surface area (Å²) in [6.45, 7) is 3.01. The summed E-state index contributed by atoms with van der Waals surface area (Å²) in [5.74, 6) is 1.57. The van der Waals surface area contributed by atoms with Gasteiger partial charge in [-0.3, -0.25) is 9.88 Å². The van der Waals surface area contributed by atoms with Crippen molar-refractivity contribution in [3.63, 3.8) is 0 Å². The fourth-order valence-electron chi connectivity index (χ4n) is 3.06. The Kier molecular flexibility index (Phi) is 5.14. The molecule has 0 radical (unpaired) electrons. The number of para-hydroxylation sites is 1. The van der Waals surface area contributed by atoms with Crippen LogP contribution in [0.3, 0.4) is 0 Å².